The number of aliphatic hydroxyl groups excluding tert-OH is 2. The molecule has 0 saturated heterocycles. The molecule has 0 aliphatic carbocycles. The largest absolute Gasteiger partial charge is 0.496 e. The second kappa shape index (κ2) is 9.05. The normalized spacial score (nSPS) is 13.0. The third-order valence-electron chi connectivity index (χ3n) is 3.81. The van der Waals surface area contributed by atoms with E-state index in [2.05, 4.69) is 5.32 Å². The quantitative estimate of drug-likeness (QED) is 0.717. The molecule has 0 heterocycles. The van der Waals surface area contributed by atoms with E-state index in [1.165, 1.54) is 0 Å². The lowest BCUT2D eigenvalue weighted by atomic mass is 10.0. The SMILES string of the molecule is COc1cc(C(O)C(O)CNC(=O)OCc2ccccc2)ccc1C. The molecular weight excluding hydrogens is 322 g/mol. The number of carbonyl (C=O) groups is 1. The lowest BCUT2D eigenvalue weighted by Gasteiger charge is -2.19. The lowest BCUT2D eigenvalue weighted by molar-refractivity contribution is 0.0183. The van der Waals surface area contributed by atoms with Crippen molar-refractivity contribution in [1.82, 2.24) is 5.32 Å². The van der Waals surface area contributed by atoms with Crippen molar-refractivity contribution in [2.45, 2.75) is 25.7 Å². The molecule has 0 aliphatic heterocycles. The fourth-order valence-electron chi connectivity index (χ4n) is 2.32. The maximum absolute atomic E-state index is 11.7. The van der Waals surface area contributed by atoms with Crippen LogP contribution in [0.2, 0.25) is 0 Å². The molecule has 2 atom stereocenters. The van der Waals surface area contributed by atoms with Crippen molar-refractivity contribution in [3.05, 3.63) is 65.2 Å². The predicted octanol–water partition coefficient (Wildman–Crippen LogP) is 2.32. The fourth-order valence-corrected chi connectivity index (χ4v) is 2.32. The number of aryl methyl sites for hydroxylation is 1. The van der Waals surface area contributed by atoms with E-state index < -0.39 is 18.3 Å². The Labute approximate surface area is 147 Å². The molecule has 2 aromatic rings. The van der Waals surface area contributed by atoms with Crippen LogP contribution in [0.4, 0.5) is 4.79 Å². The van der Waals surface area contributed by atoms with E-state index in [0.717, 1.165) is 11.1 Å². The Hall–Kier alpha value is -2.57. The van der Waals surface area contributed by atoms with Crippen LogP contribution in [-0.2, 0) is 11.3 Å². The zero-order chi connectivity index (χ0) is 18.2. The number of rotatable bonds is 7. The molecule has 1 amide bonds. The van der Waals surface area contributed by atoms with E-state index in [9.17, 15) is 15.0 Å². The van der Waals surface area contributed by atoms with Crippen LogP contribution in [0, 0.1) is 6.92 Å². The second-order valence-corrected chi connectivity index (χ2v) is 5.68. The van der Waals surface area contributed by atoms with E-state index in [-0.39, 0.29) is 13.2 Å². The summed E-state index contributed by atoms with van der Waals surface area (Å²) < 4.78 is 10.3. The minimum absolute atomic E-state index is 0.134. The Morgan fingerprint density at radius 1 is 1.16 bits per heavy atom. The zero-order valence-corrected chi connectivity index (χ0v) is 14.3. The van der Waals surface area contributed by atoms with Crippen molar-refractivity contribution in [3.8, 4) is 5.75 Å². The standard InChI is InChI=1S/C19H23NO5/c1-13-8-9-15(10-17(13)24-2)18(22)16(21)11-20-19(23)25-12-14-6-4-3-5-7-14/h3-10,16,18,21-22H,11-12H2,1-2H3,(H,20,23). The van der Waals surface area contributed by atoms with Gasteiger partial charge in [0.2, 0.25) is 0 Å². The van der Waals surface area contributed by atoms with Gasteiger partial charge in [-0.15, -0.1) is 0 Å². The van der Waals surface area contributed by atoms with E-state index >= 15 is 0 Å². The van der Waals surface area contributed by atoms with Crippen LogP contribution in [0.1, 0.15) is 22.8 Å². The highest BCUT2D eigenvalue weighted by molar-refractivity contribution is 5.67. The van der Waals surface area contributed by atoms with Gasteiger partial charge in [-0.1, -0.05) is 42.5 Å². The summed E-state index contributed by atoms with van der Waals surface area (Å²) in [5.74, 6) is 0.624. The summed E-state index contributed by atoms with van der Waals surface area (Å²) >= 11 is 0. The summed E-state index contributed by atoms with van der Waals surface area (Å²) in [5.41, 5.74) is 2.30. The third-order valence-corrected chi connectivity index (χ3v) is 3.81. The van der Waals surface area contributed by atoms with Gasteiger partial charge in [-0.05, 0) is 29.7 Å². The molecular formula is C19H23NO5. The van der Waals surface area contributed by atoms with Gasteiger partial charge in [-0.2, -0.15) is 0 Å². The minimum atomic E-state index is -1.17. The molecule has 0 spiro atoms. The van der Waals surface area contributed by atoms with Crippen molar-refractivity contribution >= 4 is 6.09 Å². The van der Waals surface area contributed by atoms with Gasteiger partial charge in [0.25, 0.3) is 0 Å². The summed E-state index contributed by atoms with van der Waals surface area (Å²) in [5, 5.41) is 22.7. The number of carbonyl (C=O) groups excluding carboxylic acids is 1. The van der Waals surface area contributed by atoms with Gasteiger partial charge >= 0.3 is 6.09 Å². The van der Waals surface area contributed by atoms with Crippen LogP contribution in [0.3, 0.4) is 0 Å². The van der Waals surface area contributed by atoms with Crippen molar-refractivity contribution in [1.29, 1.82) is 0 Å². The van der Waals surface area contributed by atoms with Gasteiger partial charge < -0.3 is 25.0 Å². The number of ether oxygens (including phenoxy) is 2. The smallest absolute Gasteiger partial charge is 0.407 e. The molecule has 0 saturated carbocycles. The number of alkyl carbamates (subject to hydrolysis) is 1. The highest BCUT2D eigenvalue weighted by Crippen LogP contribution is 2.24. The molecule has 134 valence electrons. The molecule has 6 nitrogen and oxygen atoms in total. The van der Waals surface area contributed by atoms with Gasteiger partial charge in [0.15, 0.2) is 0 Å². The van der Waals surface area contributed by atoms with E-state index in [4.69, 9.17) is 9.47 Å². The van der Waals surface area contributed by atoms with Crippen molar-refractivity contribution in [2.75, 3.05) is 13.7 Å². The summed E-state index contributed by atoms with van der Waals surface area (Å²) in [7, 11) is 1.54. The molecule has 0 aliphatic rings. The number of nitrogens with one attached hydrogen (secondary N) is 1. The van der Waals surface area contributed by atoms with Crippen LogP contribution >= 0.6 is 0 Å². The molecule has 2 unspecified atom stereocenters. The number of hydrogen-bond donors (Lipinski definition) is 3. The van der Waals surface area contributed by atoms with Gasteiger partial charge in [-0.25, -0.2) is 4.79 Å². The van der Waals surface area contributed by atoms with E-state index in [0.29, 0.717) is 11.3 Å². The molecule has 0 aromatic heterocycles. The average Bonchev–Trinajstić information content (AvgIpc) is 2.65. The van der Waals surface area contributed by atoms with Crippen LogP contribution in [0.15, 0.2) is 48.5 Å². The zero-order valence-electron chi connectivity index (χ0n) is 14.3. The Morgan fingerprint density at radius 2 is 1.88 bits per heavy atom. The molecule has 2 aromatic carbocycles. The van der Waals surface area contributed by atoms with Gasteiger partial charge in [-0.3, -0.25) is 0 Å². The maximum Gasteiger partial charge on any atom is 0.407 e. The van der Waals surface area contributed by atoms with Crippen LogP contribution in [-0.4, -0.2) is 36.1 Å². The summed E-state index contributed by atoms with van der Waals surface area (Å²) in [6.45, 7) is 1.89. The fraction of sp³-hybridized carbons (Fsp3) is 0.316. The Morgan fingerprint density at radius 3 is 2.56 bits per heavy atom. The highest BCUT2D eigenvalue weighted by Gasteiger charge is 2.20. The van der Waals surface area contributed by atoms with Crippen LogP contribution in [0.25, 0.3) is 0 Å². The number of amides is 1. The first kappa shape index (κ1) is 18.8. The molecule has 2 rings (SSSR count). The lowest BCUT2D eigenvalue weighted by Crippen LogP contribution is -2.35. The molecule has 3 N–H and O–H groups in total. The number of aliphatic hydroxyl groups is 2. The number of hydrogen-bond acceptors (Lipinski definition) is 5. The molecule has 0 radical (unpaired) electrons. The van der Waals surface area contributed by atoms with Crippen LogP contribution < -0.4 is 10.1 Å². The first-order chi connectivity index (χ1) is 12.0. The van der Waals surface area contributed by atoms with Gasteiger partial charge in [0.05, 0.1) is 7.11 Å². The van der Waals surface area contributed by atoms with Crippen molar-refractivity contribution in [3.63, 3.8) is 0 Å². The van der Waals surface area contributed by atoms with Gasteiger partial charge in [0, 0.05) is 6.54 Å². The van der Waals surface area contributed by atoms with Gasteiger partial charge in [0.1, 0.15) is 24.6 Å². The molecule has 25 heavy (non-hydrogen) atoms. The summed E-state index contributed by atoms with van der Waals surface area (Å²) in [4.78, 5) is 11.7. The topological polar surface area (TPSA) is 88.0 Å². The molecule has 0 bridgehead atoms. The van der Waals surface area contributed by atoms with Crippen molar-refractivity contribution in [2.24, 2.45) is 0 Å². The molecule has 6 heteroatoms. The van der Waals surface area contributed by atoms with E-state index in [1.54, 1.807) is 25.3 Å². The Kier molecular flexibility index (Phi) is 6.80. The average molecular weight is 345 g/mol. The molecule has 0 fully saturated rings. The van der Waals surface area contributed by atoms with Crippen molar-refractivity contribution < 1.29 is 24.5 Å². The summed E-state index contributed by atoms with van der Waals surface area (Å²) in [6, 6.07) is 14.4. The third kappa shape index (κ3) is 5.48. The first-order valence-corrected chi connectivity index (χ1v) is 7.96. The Balaban J connectivity index is 1.82. The number of methoxy groups -OCH3 is 1. The maximum atomic E-state index is 11.7. The van der Waals surface area contributed by atoms with Crippen LogP contribution in [0.5, 0.6) is 5.75 Å². The first-order valence-electron chi connectivity index (χ1n) is 7.96. The highest BCUT2D eigenvalue weighted by atomic mass is 16.5. The summed E-state index contributed by atoms with van der Waals surface area (Å²) in [6.07, 6.45) is -2.97. The Bertz CT molecular complexity index is 689. The number of benzene rings is 2. The second-order valence-electron chi connectivity index (χ2n) is 5.68. The monoisotopic (exact) mass is 345 g/mol. The minimum Gasteiger partial charge on any atom is -0.496 e. The predicted molar refractivity (Wildman–Crippen MR) is 93.3 cm³/mol. The van der Waals surface area contributed by atoms with E-state index in [1.807, 2.05) is 37.3 Å².